The molecule has 0 radical (unpaired) electrons. The largest absolute Gasteiger partial charge is 0.497 e. The fourth-order valence-corrected chi connectivity index (χ4v) is 3.93. The van der Waals surface area contributed by atoms with Gasteiger partial charge in [0.25, 0.3) is 0 Å². The van der Waals surface area contributed by atoms with E-state index < -0.39 is 0 Å². The van der Waals surface area contributed by atoms with Crippen molar-refractivity contribution in [2.75, 3.05) is 20.2 Å². The average Bonchev–Trinajstić information content (AvgIpc) is 2.52. The molecule has 1 saturated heterocycles. The van der Waals surface area contributed by atoms with Gasteiger partial charge in [0.15, 0.2) is 0 Å². The molecule has 1 fully saturated rings. The molecule has 0 amide bonds. The van der Waals surface area contributed by atoms with Crippen LogP contribution in [0.25, 0.3) is 0 Å². The first-order valence-electron chi connectivity index (χ1n) is 8.89. The summed E-state index contributed by atoms with van der Waals surface area (Å²) >= 11 is 0. The molecule has 3 unspecified atom stereocenters. The molecule has 124 valence electrons. The zero-order valence-electron chi connectivity index (χ0n) is 15.1. The smallest absolute Gasteiger partial charge is 0.119 e. The van der Waals surface area contributed by atoms with Crippen molar-refractivity contribution in [3.63, 3.8) is 0 Å². The number of likely N-dealkylation sites (tertiary alicyclic amines) is 1. The average molecular weight is 303 g/mol. The van der Waals surface area contributed by atoms with Crippen LogP contribution in [-0.4, -0.2) is 31.1 Å². The van der Waals surface area contributed by atoms with Crippen molar-refractivity contribution < 1.29 is 4.74 Å². The van der Waals surface area contributed by atoms with Gasteiger partial charge in [0.05, 0.1) is 7.11 Å². The number of ether oxygens (including phenoxy) is 1. The minimum Gasteiger partial charge on any atom is -0.497 e. The lowest BCUT2D eigenvalue weighted by molar-refractivity contribution is 0.0620. The zero-order valence-corrected chi connectivity index (χ0v) is 15.1. The molecule has 0 N–H and O–H groups in total. The van der Waals surface area contributed by atoms with E-state index in [-0.39, 0.29) is 5.41 Å². The van der Waals surface area contributed by atoms with Gasteiger partial charge in [-0.15, -0.1) is 0 Å². The summed E-state index contributed by atoms with van der Waals surface area (Å²) in [6, 6.07) is 9.34. The first kappa shape index (κ1) is 17.3. The molecular weight excluding hydrogens is 270 g/mol. The van der Waals surface area contributed by atoms with Crippen LogP contribution < -0.4 is 4.74 Å². The molecule has 0 spiro atoms. The Morgan fingerprint density at radius 1 is 1.27 bits per heavy atom. The van der Waals surface area contributed by atoms with Crippen molar-refractivity contribution in [1.29, 1.82) is 0 Å². The van der Waals surface area contributed by atoms with Gasteiger partial charge < -0.3 is 9.64 Å². The minimum atomic E-state index is 0.245. The molecule has 1 aliphatic rings. The molecule has 0 saturated carbocycles. The van der Waals surface area contributed by atoms with Crippen molar-refractivity contribution in [2.45, 2.75) is 64.8 Å². The minimum absolute atomic E-state index is 0.245. The van der Waals surface area contributed by atoms with Gasteiger partial charge in [-0.05, 0) is 55.3 Å². The third kappa shape index (κ3) is 3.65. The van der Waals surface area contributed by atoms with Crippen LogP contribution in [-0.2, 0) is 5.41 Å². The summed E-state index contributed by atoms with van der Waals surface area (Å²) < 4.78 is 5.43. The predicted octanol–water partition coefficient (Wildman–Crippen LogP) is 4.87. The Hall–Kier alpha value is -1.02. The highest BCUT2D eigenvalue weighted by Gasteiger charge is 2.41. The van der Waals surface area contributed by atoms with Crippen LogP contribution in [0.2, 0.25) is 0 Å². The van der Waals surface area contributed by atoms with Gasteiger partial charge in [-0.3, -0.25) is 0 Å². The highest BCUT2D eigenvalue weighted by molar-refractivity contribution is 5.34. The Balaban J connectivity index is 2.12. The van der Waals surface area contributed by atoms with Crippen LogP contribution in [0.1, 0.15) is 58.9 Å². The molecule has 2 rings (SSSR count). The van der Waals surface area contributed by atoms with E-state index in [2.05, 4.69) is 50.8 Å². The van der Waals surface area contributed by atoms with E-state index in [4.69, 9.17) is 4.74 Å². The zero-order chi connectivity index (χ0) is 16.2. The number of rotatable bonds is 6. The Morgan fingerprint density at radius 2 is 2.05 bits per heavy atom. The standard InChI is InChI=1S/C20H33NO/c1-6-7-8-12-21-15-16(2)20(4,14-17(21)3)18-10-9-11-19(13-18)22-5/h9-11,13,16-17H,6-8,12,14-15H2,1-5H3. The maximum atomic E-state index is 5.43. The van der Waals surface area contributed by atoms with Gasteiger partial charge in [0.1, 0.15) is 5.75 Å². The first-order valence-corrected chi connectivity index (χ1v) is 8.89. The quantitative estimate of drug-likeness (QED) is 0.695. The van der Waals surface area contributed by atoms with E-state index >= 15 is 0 Å². The Labute approximate surface area is 136 Å². The lowest BCUT2D eigenvalue weighted by atomic mass is 9.66. The topological polar surface area (TPSA) is 12.5 Å². The van der Waals surface area contributed by atoms with Gasteiger partial charge in [0.2, 0.25) is 0 Å². The highest BCUT2D eigenvalue weighted by atomic mass is 16.5. The number of hydrogen-bond acceptors (Lipinski definition) is 2. The molecule has 1 heterocycles. The number of hydrogen-bond donors (Lipinski definition) is 0. The maximum Gasteiger partial charge on any atom is 0.119 e. The first-order chi connectivity index (χ1) is 10.5. The van der Waals surface area contributed by atoms with Crippen molar-refractivity contribution in [2.24, 2.45) is 5.92 Å². The molecular formula is C20H33NO. The van der Waals surface area contributed by atoms with E-state index in [1.54, 1.807) is 7.11 Å². The third-order valence-corrected chi connectivity index (χ3v) is 5.72. The lowest BCUT2D eigenvalue weighted by Gasteiger charge is -2.49. The second kappa shape index (κ2) is 7.50. The van der Waals surface area contributed by atoms with Crippen molar-refractivity contribution in [3.05, 3.63) is 29.8 Å². The Morgan fingerprint density at radius 3 is 2.73 bits per heavy atom. The number of benzene rings is 1. The van der Waals surface area contributed by atoms with Crippen molar-refractivity contribution in [1.82, 2.24) is 4.90 Å². The molecule has 2 heteroatoms. The molecule has 1 aromatic carbocycles. The monoisotopic (exact) mass is 303 g/mol. The van der Waals surface area contributed by atoms with Gasteiger partial charge in [-0.25, -0.2) is 0 Å². The van der Waals surface area contributed by atoms with Gasteiger partial charge >= 0.3 is 0 Å². The second-order valence-electron chi connectivity index (χ2n) is 7.31. The van der Waals surface area contributed by atoms with E-state index in [1.165, 1.54) is 44.3 Å². The third-order valence-electron chi connectivity index (χ3n) is 5.72. The SMILES string of the molecule is CCCCCN1CC(C)C(C)(c2cccc(OC)c2)CC1C. The number of piperidine rings is 1. The molecule has 0 aliphatic carbocycles. The predicted molar refractivity (Wildman–Crippen MR) is 94.7 cm³/mol. The molecule has 1 aromatic rings. The second-order valence-corrected chi connectivity index (χ2v) is 7.31. The van der Waals surface area contributed by atoms with E-state index in [0.29, 0.717) is 12.0 Å². The highest BCUT2D eigenvalue weighted by Crippen LogP contribution is 2.42. The maximum absolute atomic E-state index is 5.43. The summed E-state index contributed by atoms with van der Waals surface area (Å²) in [5, 5.41) is 0. The number of unbranched alkanes of at least 4 members (excludes halogenated alkanes) is 2. The molecule has 1 aliphatic heterocycles. The fraction of sp³-hybridized carbons (Fsp3) is 0.700. The van der Waals surface area contributed by atoms with Gasteiger partial charge in [0, 0.05) is 12.6 Å². The van der Waals surface area contributed by atoms with Crippen LogP contribution in [0.15, 0.2) is 24.3 Å². The molecule has 2 nitrogen and oxygen atoms in total. The normalized spacial score (nSPS) is 29.5. The fourth-order valence-electron chi connectivity index (χ4n) is 3.93. The van der Waals surface area contributed by atoms with Crippen molar-refractivity contribution in [3.8, 4) is 5.75 Å². The molecule has 22 heavy (non-hydrogen) atoms. The number of methoxy groups -OCH3 is 1. The van der Waals surface area contributed by atoms with Crippen LogP contribution >= 0.6 is 0 Å². The van der Waals surface area contributed by atoms with Crippen LogP contribution in [0.3, 0.4) is 0 Å². The molecule has 0 aromatic heterocycles. The van der Waals surface area contributed by atoms with Gasteiger partial charge in [-0.2, -0.15) is 0 Å². The lowest BCUT2D eigenvalue weighted by Crippen LogP contribution is -2.51. The van der Waals surface area contributed by atoms with Crippen LogP contribution in [0, 0.1) is 5.92 Å². The van der Waals surface area contributed by atoms with Crippen LogP contribution in [0.5, 0.6) is 5.75 Å². The summed E-state index contributed by atoms with van der Waals surface area (Å²) in [5.74, 6) is 1.64. The molecule has 3 atom stereocenters. The van der Waals surface area contributed by atoms with Gasteiger partial charge in [-0.1, -0.05) is 45.7 Å². The summed E-state index contributed by atoms with van der Waals surface area (Å²) in [5.41, 5.74) is 1.68. The van der Waals surface area contributed by atoms with E-state index in [0.717, 1.165) is 5.75 Å². The van der Waals surface area contributed by atoms with E-state index in [1.807, 2.05) is 6.07 Å². The molecule has 0 bridgehead atoms. The summed E-state index contributed by atoms with van der Waals surface area (Å²) in [4.78, 5) is 2.70. The van der Waals surface area contributed by atoms with Crippen molar-refractivity contribution >= 4 is 0 Å². The summed E-state index contributed by atoms with van der Waals surface area (Å²) in [7, 11) is 1.75. The van der Waals surface area contributed by atoms with Crippen LogP contribution in [0.4, 0.5) is 0 Å². The number of nitrogens with zero attached hydrogens (tertiary/aromatic N) is 1. The van der Waals surface area contributed by atoms with E-state index in [9.17, 15) is 0 Å². The Kier molecular flexibility index (Phi) is 5.91. The Bertz CT molecular complexity index is 473. The summed E-state index contributed by atoms with van der Waals surface area (Å²) in [6.45, 7) is 12.0. The summed E-state index contributed by atoms with van der Waals surface area (Å²) in [6.07, 6.45) is 5.22.